The quantitative estimate of drug-likeness (QED) is 0.699. The van der Waals surface area contributed by atoms with Crippen LogP contribution in [0.15, 0.2) is 36.5 Å². The first-order valence-corrected chi connectivity index (χ1v) is 10.2. The summed E-state index contributed by atoms with van der Waals surface area (Å²) in [4.78, 5) is 26.4. The van der Waals surface area contributed by atoms with Gasteiger partial charge in [-0.15, -0.1) is 0 Å². The molecular formula is C21H29N5O3. The summed E-state index contributed by atoms with van der Waals surface area (Å²) in [6.45, 7) is 6.87. The smallest absolute Gasteiger partial charge is 0.358 e. The van der Waals surface area contributed by atoms with Crippen molar-refractivity contribution in [1.29, 1.82) is 0 Å². The van der Waals surface area contributed by atoms with Gasteiger partial charge in [-0.05, 0) is 57.5 Å². The minimum atomic E-state index is -0.456. The van der Waals surface area contributed by atoms with Crippen molar-refractivity contribution in [2.24, 2.45) is 0 Å². The fourth-order valence-corrected chi connectivity index (χ4v) is 3.49. The van der Waals surface area contributed by atoms with Crippen LogP contribution in [0.4, 0.5) is 10.5 Å². The molecule has 0 spiro atoms. The number of urea groups is 1. The van der Waals surface area contributed by atoms with Crippen LogP contribution in [0.1, 0.15) is 43.6 Å². The number of nitrogens with zero attached hydrogens (tertiary/aromatic N) is 3. The van der Waals surface area contributed by atoms with Crippen molar-refractivity contribution >= 4 is 17.7 Å². The molecule has 1 atom stereocenters. The van der Waals surface area contributed by atoms with E-state index < -0.39 is 5.97 Å². The van der Waals surface area contributed by atoms with Crippen LogP contribution in [-0.4, -0.2) is 59.0 Å². The fourth-order valence-electron chi connectivity index (χ4n) is 3.49. The number of carbonyl (C=O) groups is 2. The molecule has 2 heterocycles. The molecule has 29 heavy (non-hydrogen) atoms. The zero-order valence-electron chi connectivity index (χ0n) is 17.1. The van der Waals surface area contributed by atoms with E-state index in [1.54, 1.807) is 29.9 Å². The molecule has 0 saturated carbocycles. The first kappa shape index (κ1) is 20.9. The van der Waals surface area contributed by atoms with E-state index in [4.69, 9.17) is 4.74 Å². The van der Waals surface area contributed by atoms with Gasteiger partial charge in [0, 0.05) is 31.0 Å². The molecule has 1 fully saturated rings. The van der Waals surface area contributed by atoms with Gasteiger partial charge in [0.1, 0.15) is 0 Å². The number of carbonyl (C=O) groups excluding carboxylic acids is 2. The molecule has 1 aromatic heterocycles. The van der Waals surface area contributed by atoms with E-state index in [0.717, 1.165) is 18.8 Å². The molecule has 1 unspecified atom stereocenters. The zero-order chi connectivity index (χ0) is 20.6. The van der Waals surface area contributed by atoms with Crippen LogP contribution < -0.4 is 10.6 Å². The topological polar surface area (TPSA) is 88.5 Å². The lowest BCUT2D eigenvalue weighted by atomic mass is 10.0. The van der Waals surface area contributed by atoms with E-state index in [1.165, 1.54) is 19.3 Å². The zero-order valence-corrected chi connectivity index (χ0v) is 17.1. The SMILES string of the molecule is CCOC(=O)c1ccn(-c2cccc(NC(=O)NCCN3CCCCC3C)c2)n1. The van der Waals surface area contributed by atoms with E-state index in [-0.39, 0.29) is 11.7 Å². The molecule has 1 aromatic carbocycles. The van der Waals surface area contributed by atoms with Crippen LogP contribution in [0.5, 0.6) is 0 Å². The minimum absolute atomic E-state index is 0.237. The molecule has 1 aliphatic heterocycles. The summed E-state index contributed by atoms with van der Waals surface area (Å²) in [5, 5.41) is 10.0. The lowest BCUT2D eigenvalue weighted by Crippen LogP contribution is -2.43. The molecule has 2 amide bonds. The highest BCUT2D eigenvalue weighted by Gasteiger charge is 2.17. The number of nitrogens with one attached hydrogen (secondary N) is 2. The highest BCUT2D eigenvalue weighted by atomic mass is 16.5. The van der Waals surface area contributed by atoms with Crippen LogP contribution in [0.25, 0.3) is 5.69 Å². The number of ether oxygens (including phenoxy) is 1. The van der Waals surface area contributed by atoms with Crippen molar-refractivity contribution in [2.45, 2.75) is 39.2 Å². The maximum Gasteiger partial charge on any atom is 0.358 e. The van der Waals surface area contributed by atoms with Crippen LogP contribution >= 0.6 is 0 Å². The largest absolute Gasteiger partial charge is 0.461 e. The molecule has 0 radical (unpaired) electrons. The molecule has 0 bridgehead atoms. The number of amides is 2. The summed E-state index contributed by atoms with van der Waals surface area (Å²) in [6.07, 6.45) is 5.43. The summed E-state index contributed by atoms with van der Waals surface area (Å²) >= 11 is 0. The van der Waals surface area contributed by atoms with E-state index in [9.17, 15) is 9.59 Å². The number of aromatic nitrogens is 2. The number of hydrogen-bond donors (Lipinski definition) is 2. The van der Waals surface area contributed by atoms with E-state index in [1.807, 2.05) is 18.2 Å². The third kappa shape index (κ3) is 5.80. The van der Waals surface area contributed by atoms with Crippen LogP contribution in [-0.2, 0) is 4.74 Å². The lowest BCUT2D eigenvalue weighted by Gasteiger charge is -2.33. The van der Waals surface area contributed by atoms with Gasteiger partial charge < -0.3 is 15.4 Å². The number of piperidine rings is 1. The summed E-state index contributed by atoms with van der Waals surface area (Å²) in [5.41, 5.74) is 1.63. The molecule has 1 saturated heterocycles. The Balaban J connectivity index is 1.53. The summed E-state index contributed by atoms with van der Waals surface area (Å²) in [6, 6.07) is 9.24. The van der Waals surface area contributed by atoms with Crippen LogP contribution in [0.2, 0.25) is 0 Å². The van der Waals surface area contributed by atoms with Gasteiger partial charge in [-0.25, -0.2) is 14.3 Å². The molecule has 2 N–H and O–H groups in total. The van der Waals surface area contributed by atoms with Crippen LogP contribution in [0, 0.1) is 0 Å². The molecule has 156 valence electrons. The summed E-state index contributed by atoms with van der Waals surface area (Å²) in [7, 11) is 0. The average Bonchev–Trinajstić information content (AvgIpc) is 3.20. The highest BCUT2D eigenvalue weighted by molar-refractivity contribution is 5.89. The van der Waals surface area contributed by atoms with Crippen molar-refractivity contribution in [3.63, 3.8) is 0 Å². The average molecular weight is 399 g/mol. The molecule has 0 aliphatic carbocycles. The second-order valence-corrected chi connectivity index (χ2v) is 7.18. The monoisotopic (exact) mass is 399 g/mol. The second-order valence-electron chi connectivity index (χ2n) is 7.18. The number of likely N-dealkylation sites (tertiary alicyclic amines) is 1. The Morgan fingerprint density at radius 2 is 2.14 bits per heavy atom. The predicted octanol–water partition coefficient (Wildman–Crippen LogP) is 3.04. The Kier molecular flexibility index (Phi) is 7.24. The van der Waals surface area contributed by atoms with Gasteiger partial charge in [-0.1, -0.05) is 12.5 Å². The van der Waals surface area contributed by atoms with E-state index in [0.29, 0.717) is 24.9 Å². The van der Waals surface area contributed by atoms with Crippen molar-refractivity contribution in [2.75, 3.05) is 31.6 Å². The number of rotatable bonds is 7. The van der Waals surface area contributed by atoms with E-state index in [2.05, 4.69) is 27.6 Å². The molecule has 8 heteroatoms. The van der Waals surface area contributed by atoms with Gasteiger partial charge in [0.25, 0.3) is 0 Å². The second kappa shape index (κ2) is 10.1. The Labute approximate surface area is 171 Å². The van der Waals surface area contributed by atoms with E-state index >= 15 is 0 Å². The summed E-state index contributed by atoms with van der Waals surface area (Å²) in [5.74, 6) is -0.456. The van der Waals surface area contributed by atoms with Gasteiger partial charge in [0.2, 0.25) is 0 Å². The number of esters is 1. The van der Waals surface area contributed by atoms with Crippen molar-refractivity contribution in [1.82, 2.24) is 20.0 Å². The predicted molar refractivity (Wildman–Crippen MR) is 111 cm³/mol. The minimum Gasteiger partial charge on any atom is -0.461 e. The standard InChI is InChI=1S/C21H29N5O3/c1-3-29-20(27)19-10-13-26(24-19)18-9-6-8-17(15-18)23-21(28)22-11-14-25-12-5-4-7-16(25)2/h6,8-10,13,15-16H,3-5,7,11-12,14H2,1-2H3,(H2,22,23,28). The first-order chi connectivity index (χ1) is 14.1. The van der Waals surface area contributed by atoms with Gasteiger partial charge in [-0.2, -0.15) is 5.10 Å². The van der Waals surface area contributed by atoms with Gasteiger partial charge in [0.05, 0.1) is 12.3 Å². The van der Waals surface area contributed by atoms with Gasteiger partial charge in [0.15, 0.2) is 5.69 Å². The normalized spacial score (nSPS) is 17.0. The van der Waals surface area contributed by atoms with Crippen LogP contribution in [0.3, 0.4) is 0 Å². The number of benzene rings is 1. The Bertz CT molecular complexity index is 835. The number of hydrogen-bond acceptors (Lipinski definition) is 5. The Morgan fingerprint density at radius 1 is 1.28 bits per heavy atom. The molecule has 8 nitrogen and oxygen atoms in total. The van der Waals surface area contributed by atoms with Gasteiger partial charge in [-0.3, -0.25) is 4.90 Å². The first-order valence-electron chi connectivity index (χ1n) is 10.2. The van der Waals surface area contributed by atoms with Crippen molar-refractivity contribution in [3.8, 4) is 5.69 Å². The third-order valence-corrected chi connectivity index (χ3v) is 5.07. The summed E-state index contributed by atoms with van der Waals surface area (Å²) < 4.78 is 6.53. The maximum absolute atomic E-state index is 12.2. The third-order valence-electron chi connectivity index (χ3n) is 5.07. The molecule has 3 rings (SSSR count). The van der Waals surface area contributed by atoms with Crippen molar-refractivity contribution < 1.29 is 14.3 Å². The Morgan fingerprint density at radius 3 is 2.93 bits per heavy atom. The molecule has 1 aliphatic rings. The highest BCUT2D eigenvalue weighted by Crippen LogP contribution is 2.16. The van der Waals surface area contributed by atoms with Crippen molar-refractivity contribution in [3.05, 3.63) is 42.2 Å². The fraction of sp³-hybridized carbons (Fsp3) is 0.476. The maximum atomic E-state index is 12.2. The number of anilines is 1. The Hall–Kier alpha value is -2.87. The lowest BCUT2D eigenvalue weighted by molar-refractivity contribution is 0.0519. The molecular weight excluding hydrogens is 370 g/mol. The van der Waals surface area contributed by atoms with Gasteiger partial charge >= 0.3 is 12.0 Å². The molecule has 2 aromatic rings.